The van der Waals surface area contributed by atoms with Gasteiger partial charge in [-0.2, -0.15) is 0 Å². The van der Waals surface area contributed by atoms with Gasteiger partial charge in [0.15, 0.2) is 28.9 Å². The van der Waals surface area contributed by atoms with E-state index in [2.05, 4.69) is 37.2 Å². The number of hydrogen-bond donors (Lipinski definition) is 13. The second kappa shape index (κ2) is 39.9. The molecule has 35 heteroatoms. The van der Waals surface area contributed by atoms with Crippen LogP contribution in [0.3, 0.4) is 0 Å². The maximum atomic E-state index is 15.1. The summed E-state index contributed by atoms with van der Waals surface area (Å²) in [5.41, 5.74) is 7.64. The lowest BCUT2D eigenvalue weighted by Gasteiger charge is -2.30. The highest BCUT2D eigenvalue weighted by atomic mass is 33.1. The molecule has 0 radical (unpaired) electrons. The average Bonchev–Trinajstić information content (AvgIpc) is 1.75. The van der Waals surface area contributed by atoms with Gasteiger partial charge in [0, 0.05) is 91.9 Å². The lowest BCUT2D eigenvalue weighted by Crippen LogP contribution is -2.60. The van der Waals surface area contributed by atoms with Crippen molar-refractivity contribution >= 4 is 153 Å². The van der Waals surface area contributed by atoms with E-state index in [0.29, 0.717) is 12.0 Å². The fraction of sp³-hybridized carbons (Fsp3) is 0.578. The molecule has 4 bridgehead atoms. The molecule has 0 aliphatic carbocycles. The third kappa shape index (κ3) is 26.2. The highest BCUT2D eigenvalue weighted by Gasteiger charge is 2.42. The first-order valence-corrected chi connectivity index (χ1v) is 39.6. The summed E-state index contributed by atoms with van der Waals surface area (Å²) in [5, 5.41) is 69.4. The van der Waals surface area contributed by atoms with Crippen molar-refractivity contribution in [2.75, 3.05) is 41.1 Å². The Kier molecular flexibility index (Phi) is 32.7. The first-order valence-electron chi connectivity index (χ1n) is 32.2. The Balaban J connectivity index is 1.54. The summed E-state index contributed by atoms with van der Waals surface area (Å²) in [4.78, 5) is 215. The smallest absolute Gasteiger partial charge is 0.305 e. The minimum atomic E-state index is -1.90. The van der Waals surface area contributed by atoms with Crippen LogP contribution in [0.5, 0.6) is 11.5 Å². The molecule has 4 aliphatic heterocycles. The number of nitrogens with one attached hydrogen (secondary N) is 7. The number of hydrogen-bond acceptors (Lipinski definition) is 25. The number of carboxylic acid groups (broad SMARTS) is 2. The molecular weight excluding hydrogens is 1410 g/mol. The van der Waals surface area contributed by atoms with Crippen molar-refractivity contribution in [1.82, 2.24) is 42.1 Å². The number of aromatic hydroxyl groups is 2. The molecule has 14 N–H and O–H groups in total. The molecule has 99 heavy (non-hydrogen) atoms. The van der Waals surface area contributed by atoms with E-state index in [1.54, 1.807) is 19.1 Å². The summed E-state index contributed by atoms with van der Waals surface area (Å²) in [5.74, 6) is -20.8. The van der Waals surface area contributed by atoms with Crippen LogP contribution >= 0.6 is 64.8 Å². The van der Waals surface area contributed by atoms with Crippen LogP contribution in [0.25, 0.3) is 0 Å². The lowest BCUT2D eigenvalue weighted by molar-refractivity contribution is -0.146. The average molecular weight is 1490 g/mol. The Labute approximate surface area is 595 Å². The maximum Gasteiger partial charge on any atom is 0.305 e. The molecule has 29 nitrogen and oxygen atoms in total. The second-order valence-electron chi connectivity index (χ2n) is 24.9. The maximum absolute atomic E-state index is 15.1. The largest absolute Gasteiger partial charge is 0.508 e. The summed E-state index contributed by atoms with van der Waals surface area (Å²) >= 11 is 0. The van der Waals surface area contributed by atoms with E-state index in [1.165, 1.54) is 50.2 Å². The molecule has 8 amide bonds. The van der Waals surface area contributed by atoms with Crippen molar-refractivity contribution in [3.63, 3.8) is 0 Å². The molecular formula is C64H85N9O20S6. The van der Waals surface area contributed by atoms with Crippen molar-refractivity contribution in [3.8, 4) is 11.5 Å². The van der Waals surface area contributed by atoms with Gasteiger partial charge in [-0.05, 0) is 87.3 Å². The predicted molar refractivity (Wildman–Crippen MR) is 373 cm³/mol. The van der Waals surface area contributed by atoms with Gasteiger partial charge in [0.2, 0.25) is 47.3 Å². The summed E-state index contributed by atoms with van der Waals surface area (Å²) in [6.07, 6.45) is -6.79. The van der Waals surface area contributed by atoms with Gasteiger partial charge in [0.1, 0.15) is 41.7 Å². The zero-order chi connectivity index (χ0) is 72.6. The van der Waals surface area contributed by atoms with Crippen LogP contribution in [-0.2, 0) is 84.8 Å². The van der Waals surface area contributed by atoms with E-state index >= 15 is 9.59 Å². The number of nitrogens with zero attached hydrogens (tertiary/aromatic N) is 1. The van der Waals surface area contributed by atoms with Crippen molar-refractivity contribution in [2.24, 2.45) is 29.4 Å². The minimum absolute atomic E-state index is 0.0202. The van der Waals surface area contributed by atoms with Crippen LogP contribution in [0, 0.1) is 23.7 Å². The van der Waals surface area contributed by atoms with Crippen LogP contribution in [0.4, 0.5) is 0 Å². The Bertz CT molecular complexity index is 3280. The van der Waals surface area contributed by atoms with Gasteiger partial charge in [0.05, 0.1) is 48.5 Å². The summed E-state index contributed by atoms with van der Waals surface area (Å²) in [6.45, 7) is 4.18. The fourth-order valence-corrected chi connectivity index (χ4v) is 18.5. The summed E-state index contributed by atoms with van der Waals surface area (Å²) < 4.78 is 0. The highest BCUT2D eigenvalue weighted by molar-refractivity contribution is 8.77. The number of benzene rings is 2. The van der Waals surface area contributed by atoms with Crippen LogP contribution in [0.15, 0.2) is 48.5 Å². The van der Waals surface area contributed by atoms with Crippen LogP contribution in [-0.4, -0.2) is 220 Å². The first-order chi connectivity index (χ1) is 47.0. The number of carboxylic acids is 2. The topological polar surface area (TPSA) is 471 Å². The number of phenols is 2. The zero-order valence-corrected chi connectivity index (χ0v) is 59.6. The third-order valence-corrected chi connectivity index (χ3v) is 24.3. The molecule has 4 aliphatic rings. The molecule has 4 fully saturated rings. The van der Waals surface area contributed by atoms with Gasteiger partial charge in [-0.25, -0.2) is 0 Å². The van der Waals surface area contributed by atoms with Crippen molar-refractivity contribution in [1.29, 1.82) is 0 Å². The van der Waals surface area contributed by atoms with Crippen molar-refractivity contribution in [3.05, 3.63) is 59.7 Å². The van der Waals surface area contributed by atoms with Crippen LogP contribution in [0.2, 0.25) is 0 Å². The molecule has 0 unspecified atom stereocenters. The molecule has 0 aromatic heterocycles. The van der Waals surface area contributed by atoms with E-state index < -0.39 is 229 Å². The molecule has 4 saturated heterocycles. The van der Waals surface area contributed by atoms with E-state index in [1.807, 2.05) is 0 Å². The number of amides is 8. The molecule has 0 saturated carbocycles. The number of fused-ring (bicyclic) bond motifs is 20. The number of nitrogens with two attached hydrogens (primary N) is 1. The summed E-state index contributed by atoms with van der Waals surface area (Å²) in [7, 11) is 5.58. The van der Waals surface area contributed by atoms with Crippen LogP contribution in [0.1, 0.15) is 103 Å². The molecule has 6 rings (SSSR count). The quantitative estimate of drug-likeness (QED) is 0.125. The molecule has 2 aromatic rings. The standard InChI is InChI=1S/C64H85N9O20S6/c1-32(19-35-6-10-40(75)11-7-35)20-52(80)45-29-97-99-30-46-62(91)71-47-31-98-96-28-42(65)51(79)24-39(59(88)68-43(14-17-55(83)84)53(81)22-37(58(87)70-46)21-36-8-12-41(76)13-9-36)27-95-94-26-38(60(89)72-57(34(3)74)49(77)15-16-54(82)67-45)23-50(78)33(2)66-63(92)48-5-4-18-73(48)64(93)44(25-56(85)86)69-61(47)90/h6-13,32-34,37-39,42-48,57,74-76H,4-5,14-31,65H2,1-3H3,(H,66,92)(H,67,82)(H,68,88)(H,69,90)(H,70,87)(H,71,91)(H,72,89)(H,83,84)(H,85,86)/t32-,33+,34+,37-,38+,39+,42+,43+,44+,45+,46+,47+,48+,57+/m1/s1. The first kappa shape index (κ1) is 81.1. The minimum Gasteiger partial charge on any atom is -0.508 e. The molecule has 2 aromatic carbocycles. The predicted octanol–water partition coefficient (Wildman–Crippen LogP) is 1.19. The lowest BCUT2D eigenvalue weighted by atomic mass is 9.89. The van der Waals surface area contributed by atoms with Crippen LogP contribution < -0.4 is 43.0 Å². The van der Waals surface area contributed by atoms with E-state index in [0.717, 1.165) is 75.2 Å². The molecule has 4 heterocycles. The zero-order valence-electron chi connectivity index (χ0n) is 54.7. The van der Waals surface area contributed by atoms with E-state index in [4.69, 9.17) is 5.73 Å². The van der Waals surface area contributed by atoms with E-state index in [9.17, 15) is 87.9 Å². The Morgan fingerprint density at radius 2 is 1.12 bits per heavy atom. The molecule has 0 spiro atoms. The highest BCUT2D eigenvalue weighted by Crippen LogP contribution is 2.32. The van der Waals surface area contributed by atoms with Gasteiger partial charge in [-0.3, -0.25) is 71.9 Å². The number of aliphatic hydroxyl groups is 1. The third-order valence-electron chi connectivity index (χ3n) is 16.8. The molecule has 542 valence electrons. The Hall–Kier alpha value is -6.89. The number of aliphatic carboxylic acids is 2. The van der Waals surface area contributed by atoms with Gasteiger partial charge in [0.25, 0.3) is 0 Å². The van der Waals surface area contributed by atoms with Gasteiger partial charge in [-0.1, -0.05) is 96.0 Å². The second-order valence-corrected chi connectivity index (χ2v) is 32.6. The molecule has 14 atom stereocenters. The number of phenolic OH excluding ortho intramolecular Hbond substituents is 2. The number of ketones is 5. The normalized spacial score (nSPS) is 28.1. The number of carbonyl (C=O) groups excluding carboxylic acids is 13. The van der Waals surface area contributed by atoms with Gasteiger partial charge in [-0.15, -0.1) is 0 Å². The number of Topliss-reactive ketones (excluding diaryl/α,β-unsaturated/α-hetero) is 5. The monoisotopic (exact) mass is 1490 g/mol. The van der Waals surface area contributed by atoms with Crippen molar-refractivity contribution < 1.29 is 97.5 Å². The van der Waals surface area contributed by atoms with Gasteiger partial charge >= 0.3 is 11.9 Å². The number of rotatable bonds is 13. The van der Waals surface area contributed by atoms with Gasteiger partial charge < -0.3 is 73.4 Å². The Morgan fingerprint density at radius 1 is 0.576 bits per heavy atom. The van der Waals surface area contributed by atoms with Crippen molar-refractivity contribution in [2.45, 2.75) is 165 Å². The SMILES string of the molecule is C[C@@H](CC(=O)[C@@H]1CSSC[C@@H]2NC(=O)[C@H](Cc3ccc(O)cc3)CC(=O)[C@H](CCC(=O)O)NC(=O)[C@@H]3CSSC[C@H](CC(=O)[C@H](C)NC(=O)[C@@H]4CCCN4C(=O)[C@H](CC(=O)O)NC(=O)[C@H](CSSC[C@H](N)C(=O)C3)NC2=O)C(=O)N[C@@H]([C@H](C)O)C(=O)CCC(=O)N1)Cc1ccc(O)cc1. The number of aliphatic hydroxyl groups excluding tert-OH is 1. The fourth-order valence-electron chi connectivity index (χ4n) is 11.2. The summed E-state index contributed by atoms with van der Waals surface area (Å²) in [6, 6.07) is -2.12. The Morgan fingerprint density at radius 3 is 1.73 bits per heavy atom. The number of carbonyl (C=O) groups is 15. The van der Waals surface area contributed by atoms with E-state index in [-0.39, 0.29) is 72.7 Å².